The van der Waals surface area contributed by atoms with Crippen LogP contribution in [0, 0.1) is 0 Å². The molecule has 2 nitrogen and oxygen atoms in total. The number of ether oxygens (including phenoxy) is 1. The Kier molecular flexibility index (Phi) is 1.89. The van der Waals surface area contributed by atoms with E-state index < -0.39 is 0 Å². The van der Waals surface area contributed by atoms with Crippen LogP contribution in [0.2, 0.25) is 0 Å². The fourth-order valence-electron chi connectivity index (χ4n) is 0.745. The largest absolute Gasteiger partial charge is 0.479 e. The van der Waals surface area contributed by atoms with Crippen molar-refractivity contribution >= 4 is 5.90 Å². The first-order valence-corrected chi connectivity index (χ1v) is 3.09. The summed E-state index contributed by atoms with van der Waals surface area (Å²) in [7, 11) is 0. The molecule has 0 amide bonds. The van der Waals surface area contributed by atoms with Gasteiger partial charge < -0.3 is 4.74 Å². The molecule has 1 aliphatic rings. The minimum atomic E-state index is 0.801. The van der Waals surface area contributed by atoms with Gasteiger partial charge in [-0.3, -0.25) is 4.99 Å². The van der Waals surface area contributed by atoms with Gasteiger partial charge in [-0.1, -0.05) is 6.92 Å². The maximum absolute atomic E-state index is 5.14. The second-order valence-corrected chi connectivity index (χ2v) is 1.87. The molecular formula is C6H11NO. The van der Waals surface area contributed by atoms with Crippen molar-refractivity contribution in [3.63, 3.8) is 0 Å². The molecule has 0 unspecified atom stereocenters. The van der Waals surface area contributed by atoms with E-state index in [0.29, 0.717) is 0 Å². The minimum Gasteiger partial charge on any atom is -0.479 e. The Morgan fingerprint density at radius 1 is 1.75 bits per heavy atom. The summed E-state index contributed by atoms with van der Waals surface area (Å²) in [5.74, 6) is 0.951. The average Bonchev–Trinajstić information content (AvgIpc) is 2.19. The molecule has 0 saturated carbocycles. The third-order valence-corrected chi connectivity index (χ3v) is 1.11. The zero-order valence-electron chi connectivity index (χ0n) is 5.18. The van der Waals surface area contributed by atoms with E-state index >= 15 is 0 Å². The number of aliphatic imine (C=N–C) groups is 1. The average molecular weight is 113 g/mol. The van der Waals surface area contributed by atoms with E-state index in [9.17, 15) is 0 Å². The van der Waals surface area contributed by atoms with Crippen LogP contribution in [0.4, 0.5) is 0 Å². The number of hydrogen-bond acceptors (Lipinski definition) is 2. The molecule has 0 aliphatic carbocycles. The first-order chi connectivity index (χ1) is 3.93. The lowest BCUT2D eigenvalue weighted by Crippen LogP contribution is -1.96. The van der Waals surface area contributed by atoms with Crippen LogP contribution in [0.3, 0.4) is 0 Å². The highest BCUT2D eigenvalue weighted by Gasteiger charge is 2.03. The summed E-state index contributed by atoms with van der Waals surface area (Å²) in [5, 5.41) is 0. The normalized spacial score (nSPS) is 17.9. The Morgan fingerprint density at radius 3 is 3.12 bits per heavy atom. The van der Waals surface area contributed by atoms with Gasteiger partial charge in [-0.15, -0.1) is 0 Å². The highest BCUT2D eigenvalue weighted by molar-refractivity contribution is 5.77. The zero-order valence-corrected chi connectivity index (χ0v) is 5.18. The van der Waals surface area contributed by atoms with Gasteiger partial charge in [0.1, 0.15) is 6.61 Å². The van der Waals surface area contributed by atoms with E-state index in [1.165, 1.54) is 0 Å². The highest BCUT2D eigenvalue weighted by Crippen LogP contribution is 1.99. The first kappa shape index (κ1) is 5.60. The summed E-state index contributed by atoms with van der Waals surface area (Å²) in [6.07, 6.45) is 2.15. The van der Waals surface area contributed by atoms with Crippen molar-refractivity contribution in [3.8, 4) is 0 Å². The lowest BCUT2D eigenvalue weighted by Gasteiger charge is -1.95. The van der Waals surface area contributed by atoms with E-state index in [4.69, 9.17) is 4.74 Å². The van der Waals surface area contributed by atoms with Crippen molar-refractivity contribution in [2.24, 2.45) is 4.99 Å². The van der Waals surface area contributed by atoms with Crippen molar-refractivity contribution < 1.29 is 4.74 Å². The third kappa shape index (κ3) is 1.22. The van der Waals surface area contributed by atoms with E-state index in [-0.39, 0.29) is 0 Å². The summed E-state index contributed by atoms with van der Waals surface area (Å²) < 4.78 is 5.14. The second kappa shape index (κ2) is 2.70. The Bertz CT molecular complexity index is 98.7. The molecule has 8 heavy (non-hydrogen) atoms. The Balaban J connectivity index is 2.23. The maximum Gasteiger partial charge on any atom is 0.183 e. The summed E-state index contributed by atoms with van der Waals surface area (Å²) in [6, 6.07) is 0. The Labute approximate surface area is 49.6 Å². The molecule has 1 rings (SSSR count). The molecule has 0 saturated heterocycles. The van der Waals surface area contributed by atoms with Gasteiger partial charge in [-0.25, -0.2) is 0 Å². The van der Waals surface area contributed by atoms with Gasteiger partial charge >= 0.3 is 0 Å². The maximum atomic E-state index is 5.14. The van der Waals surface area contributed by atoms with Gasteiger partial charge in [-0.05, 0) is 6.42 Å². The number of hydrogen-bond donors (Lipinski definition) is 0. The lowest BCUT2D eigenvalue weighted by molar-refractivity contribution is 0.338. The standard InChI is InChI=1S/C6H11NO/c1-2-3-6-7-4-5-8-6/h2-5H2,1H3. The predicted octanol–water partition coefficient (Wildman–Crippen LogP) is 1.22. The quantitative estimate of drug-likeness (QED) is 0.527. The monoisotopic (exact) mass is 113 g/mol. The topological polar surface area (TPSA) is 21.6 Å². The molecule has 0 aromatic rings. The highest BCUT2D eigenvalue weighted by atomic mass is 16.5. The van der Waals surface area contributed by atoms with Gasteiger partial charge in [0.15, 0.2) is 5.90 Å². The van der Waals surface area contributed by atoms with Crippen LogP contribution in [-0.2, 0) is 4.74 Å². The molecule has 46 valence electrons. The molecule has 0 N–H and O–H groups in total. The first-order valence-electron chi connectivity index (χ1n) is 3.09. The molecule has 0 atom stereocenters. The SMILES string of the molecule is CCCC1=NCCO1. The molecule has 0 aromatic carbocycles. The molecule has 0 radical (unpaired) electrons. The summed E-state index contributed by atoms with van der Waals surface area (Å²) in [6.45, 7) is 3.80. The van der Waals surface area contributed by atoms with Gasteiger partial charge in [-0.2, -0.15) is 0 Å². The molecule has 1 heterocycles. The lowest BCUT2D eigenvalue weighted by atomic mass is 10.3. The van der Waals surface area contributed by atoms with Crippen LogP contribution < -0.4 is 0 Å². The Hall–Kier alpha value is -0.530. The molecule has 0 fully saturated rings. The zero-order chi connectivity index (χ0) is 5.82. The van der Waals surface area contributed by atoms with Crippen LogP contribution >= 0.6 is 0 Å². The summed E-state index contributed by atoms with van der Waals surface area (Å²) >= 11 is 0. The van der Waals surface area contributed by atoms with Crippen LogP contribution in [-0.4, -0.2) is 19.0 Å². The molecule has 0 bridgehead atoms. The molecule has 0 aromatic heterocycles. The fraction of sp³-hybridized carbons (Fsp3) is 0.833. The molecule has 0 spiro atoms. The van der Waals surface area contributed by atoms with Crippen molar-refractivity contribution in [1.29, 1.82) is 0 Å². The molecule has 2 heteroatoms. The summed E-state index contributed by atoms with van der Waals surface area (Å²) in [5.41, 5.74) is 0. The van der Waals surface area contributed by atoms with E-state index in [2.05, 4.69) is 11.9 Å². The van der Waals surface area contributed by atoms with Crippen molar-refractivity contribution in [2.75, 3.05) is 13.2 Å². The fourth-order valence-corrected chi connectivity index (χ4v) is 0.745. The Morgan fingerprint density at radius 2 is 2.62 bits per heavy atom. The van der Waals surface area contributed by atoms with Gasteiger partial charge in [0, 0.05) is 6.42 Å². The van der Waals surface area contributed by atoms with Crippen molar-refractivity contribution in [3.05, 3.63) is 0 Å². The number of nitrogens with zero attached hydrogens (tertiary/aromatic N) is 1. The minimum absolute atomic E-state index is 0.801. The predicted molar refractivity (Wildman–Crippen MR) is 33.2 cm³/mol. The second-order valence-electron chi connectivity index (χ2n) is 1.87. The van der Waals surface area contributed by atoms with E-state index in [1.807, 2.05) is 0 Å². The summed E-state index contributed by atoms with van der Waals surface area (Å²) in [4.78, 5) is 4.12. The van der Waals surface area contributed by atoms with Gasteiger partial charge in [0.25, 0.3) is 0 Å². The molecular weight excluding hydrogens is 102 g/mol. The van der Waals surface area contributed by atoms with E-state index in [0.717, 1.165) is 31.9 Å². The van der Waals surface area contributed by atoms with Crippen LogP contribution in [0.25, 0.3) is 0 Å². The van der Waals surface area contributed by atoms with Crippen LogP contribution in [0.1, 0.15) is 19.8 Å². The van der Waals surface area contributed by atoms with Crippen LogP contribution in [0.15, 0.2) is 4.99 Å². The van der Waals surface area contributed by atoms with Crippen molar-refractivity contribution in [1.82, 2.24) is 0 Å². The smallest absolute Gasteiger partial charge is 0.183 e. The molecule has 1 aliphatic heterocycles. The van der Waals surface area contributed by atoms with Crippen LogP contribution in [0.5, 0.6) is 0 Å². The number of rotatable bonds is 2. The van der Waals surface area contributed by atoms with E-state index in [1.54, 1.807) is 0 Å². The van der Waals surface area contributed by atoms with Gasteiger partial charge in [0.2, 0.25) is 0 Å². The van der Waals surface area contributed by atoms with Gasteiger partial charge in [0.05, 0.1) is 6.54 Å². The van der Waals surface area contributed by atoms with Crippen molar-refractivity contribution in [2.45, 2.75) is 19.8 Å². The third-order valence-electron chi connectivity index (χ3n) is 1.11.